The highest BCUT2D eigenvalue weighted by atomic mass is 16.7. The molecule has 1 rings (SSSR count). The molecule has 0 aromatic carbocycles. The van der Waals surface area contributed by atoms with Crippen molar-refractivity contribution in [2.24, 2.45) is 0 Å². The number of hydrogen-bond donors (Lipinski definition) is 4. The van der Waals surface area contributed by atoms with Gasteiger partial charge >= 0.3 is 5.97 Å². The van der Waals surface area contributed by atoms with Gasteiger partial charge in [-0.05, 0) is 6.42 Å². The number of ether oxygens (including phenoxy) is 3. The molecule has 0 spiro atoms. The average Bonchev–Trinajstić information content (AvgIpc) is 2.47. The van der Waals surface area contributed by atoms with Gasteiger partial charge in [-0.25, -0.2) is 4.79 Å². The molecule has 0 aliphatic carbocycles. The van der Waals surface area contributed by atoms with E-state index in [1.807, 2.05) is 6.92 Å². The predicted octanol–water partition coefficient (Wildman–Crippen LogP) is -1.46. The molecule has 0 saturated carbocycles. The molecule has 1 fully saturated rings. The van der Waals surface area contributed by atoms with Gasteiger partial charge in [-0.15, -0.1) is 0 Å². The smallest absolute Gasteiger partial charge is 0.334 e. The van der Waals surface area contributed by atoms with Crippen molar-refractivity contribution in [2.75, 3.05) is 19.8 Å². The monoisotopic (exact) mass is 308 g/mol. The van der Waals surface area contributed by atoms with E-state index in [-0.39, 0.29) is 6.61 Å². The first-order valence-corrected chi connectivity index (χ1v) is 7.09. The second kappa shape index (κ2) is 9.29. The van der Waals surface area contributed by atoms with Crippen molar-refractivity contribution >= 4 is 5.97 Å². The van der Waals surface area contributed by atoms with E-state index < -0.39 is 43.3 Å². The van der Waals surface area contributed by atoms with Crippen LogP contribution in [0.5, 0.6) is 0 Å². The van der Waals surface area contributed by atoms with Gasteiger partial charge in [0.1, 0.15) is 31.0 Å². The van der Waals surface area contributed by atoms with E-state index in [9.17, 15) is 20.1 Å². The molecule has 1 saturated heterocycles. The topological polar surface area (TPSA) is 126 Å². The summed E-state index contributed by atoms with van der Waals surface area (Å²) in [5.41, 5.74) is 0. The number of esters is 1. The quantitative estimate of drug-likeness (QED) is 0.316. The van der Waals surface area contributed by atoms with Gasteiger partial charge in [0.15, 0.2) is 0 Å². The van der Waals surface area contributed by atoms with Gasteiger partial charge in [-0.1, -0.05) is 19.8 Å². The van der Waals surface area contributed by atoms with Crippen molar-refractivity contribution in [3.05, 3.63) is 0 Å². The maximum absolute atomic E-state index is 11.5. The Kier molecular flexibility index (Phi) is 8.09. The van der Waals surface area contributed by atoms with Crippen LogP contribution in [0.3, 0.4) is 0 Å². The van der Waals surface area contributed by atoms with Gasteiger partial charge in [0.05, 0.1) is 6.61 Å². The summed E-state index contributed by atoms with van der Waals surface area (Å²) in [6, 6.07) is 0. The summed E-state index contributed by atoms with van der Waals surface area (Å²) in [6.07, 6.45) is -4.32. The zero-order valence-corrected chi connectivity index (χ0v) is 12.1. The van der Waals surface area contributed by atoms with E-state index in [1.165, 1.54) is 0 Å². The van der Waals surface area contributed by atoms with Crippen LogP contribution in [-0.4, -0.2) is 76.9 Å². The fourth-order valence-electron chi connectivity index (χ4n) is 1.94. The normalized spacial score (nSPS) is 32.9. The Morgan fingerprint density at radius 3 is 2.48 bits per heavy atom. The van der Waals surface area contributed by atoms with Gasteiger partial charge in [-0.3, -0.25) is 0 Å². The van der Waals surface area contributed by atoms with E-state index >= 15 is 0 Å². The first kappa shape index (κ1) is 18.3. The molecule has 21 heavy (non-hydrogen) atoms. The lowest BCUT2D eigenvalue weighted by atomic mass is 9.99. The van der Waals surface area contributed by atoms with Crippen LogP contribution in [0, 0.1) is 0 Å². The Labute approximate surface area is 123 Å². The molecular weight excluding hydrogens is 284 g/mol. The summed E-state index contributed by atoms with van der Waals surface area (Å²) >= 11 is 0. The highest BCUT2D eigenvalue weighted by Gasteiger charge is 2.45. The van der Waals surface area contributed by atoms with E-state index in [4.69, 9.17) is 19.3 Å². The Bertz CT molecular complexity index is 309. The lowest BCUT2D eigenvalue weighted by Gasteiger charge is -2.39. The number of carbonyl (C=O) groups excluding carboxylic acids is 1. The summed E-state index contributed by atoms with van der Waals surface area (Å²) in [6.45, 7) is 1.61. The number of carbonyl (C=O) groups is 1. The standard InChI is InChI=1S/C13H24O8/c1-2-3-4-5-19-7-9(15)21-13-12(18)11(17)10(16)8(6-14)20-13/h8,10-14,16-18H,2-7H2,1H3/t8-,10-,11+,12+,13+/m1/s1. The first-order valence-electron chi connectivity index (χ1n) is 7.09. The zero-order valence-electron chi connectivity index (χ0n) is 12.1. The Balaban J connectivity index is 2.36. The molecule has 4 N–H and O–H groups in total. The molecule has 1 heterocycles. The largest absolute Gasteiger partial charge is 0.431 e. The number of unbranched alkanes of at least 4 members (excludes halogenated alkanes) is 2. The van der Waals surface area contributed by atoms with Crippen molar-refractivity contribution in [1.82, 2.24) is 0 Å². The number of rotatable bonds is 8. The van der Waals surface area contributed by atoms with Crippen molar-refractivity contribution in [2.45, 2.75) is 56.9 Å². The molecule has 1 aliphatic rings. The lowest BCUT2D eigenvalue weighted by Crippen LogP contribution is -2.59. The molecule has 0 amide bonds. The molecule has 0 radical (unpaired) electrons. The zero-order chi connectivity index (χ0) is 15.8. The van der Waals surface area contributed by atoms with Gasteiger partial charge in [0.25, 0.3) is 0 Å². The van der Waals surface area contributed by atoms with E-state index in [2.05, 4.69) is 0 Å². The van der Waals surface area contributed by atoms with E-state index in [1.54, 1.807) is 0 Å². The molecule has 0 aromatic heterocycles. The number of aliphatic hydroxyl groups is 4. The summed E-state index contributed by atoms with van der Waals surface area (Å²) in [4.78, 5) is 11.5. The predicted molar refractivity (Wildman–Crippen MR) is 70.2 cm³/mol. The average molecular weight is 308 g/mol. The van der Waals surface area contributed by atoms with Crippen LogP contribution in [0.1, 0.15) is 26.2 Å². The molecule has 1 aliphatic heterocycles. The minimum atomic E-state index is -1.59. The maximum atomic E-state index is 11.5. The lowest BCUT2D eigenvalue weighted by molar-refractivity contribution is -0.293. The van der Waals surface area contributed by atoms with Crippen molar-refractivity contribution in [1.29, 1.82) is 0 Å². The molecule has 0 bridgehead atoms. The third kappa shape index (κ3) is 5.50. The second-order valence-electron chi connectivity index (χ2n) is 4.95. The highest BCUT2D eigenvalue weighted by Crippen LogP contribution is 2.21. The molecule has 5 atom stereocenters. The molecular formula is C13H24O8. The van der Waals surface area contributed by atoms with E-state index in [0.717, 1.165) is 19.3 Å². The van der Waals surface area contributed by atoms with Crippen LogP contribution in [-0.2, 0) is 19.0 Å². The fourth-order valence-corrected chi connectivity index (χ4v) is 1.94. The van der Waals surface area contributed by atoms with E-state index in [0.29, 0.717) is 6.61 Å². The molecule has 8 heteroatoms. The number of aliphatic hydroxyl groups excluding tert-OH is 4. The third-order valence-electron chi connectivity index (χ3n) is 3.21. The summed E-state index contributed by atoms with van der Waals surface area (Å²) < 4.78 is 15.0. The summed E-state index contributed by atoms with van der Waals surface area (Å²) in [5, 5.41) is 37.8. The minimum Gasteiger partial charge on any atom is -0.431 e. The van der Waals surface area contributed by atoms with Gasteiger partial charge in [0, 0.05) is 6.61 Å². The van der Waals surface area contributed by atoms with Crippen molar-refractivity contribution in [3.8, 4) is 0 Å². The van der Waals surface area contributed by atoms with Crippen molar-refractivity contribution in [3.63, 3.8) is 0 Å². The van der Waals surface area contributed by atoms with Gasteiger partial charge in [0.2, 0.25) is 6.29 Å². The molecule has 0 aromatic rings. The van der Waals surface area contributed by atoms with Crippen LogP contribution >= 0.6 is 0 Å². The maximum Gasteiger partial charge on any atom is 0.334 e. The fraction of sp³-hybridized carbons (Fsp3) is 0.923. The Morgan fingerprint density at radius 1 is 1.14 bits per heavy atom. The molecule has 124 valence electrons. The van der Waals surface area contributed by atoms with Gasteiger partial charge < -0.3 is 34.6 Å². The Morgan fingerprint density at radius 2 is 1.86 bits per heavy atom. The summed E-state index contributed by atoms with van der Waals surface area (Å²) in [7, 11) is 0. The molecule has 0 unspecified atom stereocenters. The van der Waals surface area contributed by atoms with Crippen LogP contribution in [0.4, 0.5) is 0 Å². The minimum absolute atomic E-state index is 0.293. The van der Waals surface area contributed by atoms with Gasteiger partial charge in [-0.2, -0.15) is 0 Å². The SMILES string of the molecule is CCCCCOCC(=O)O[C@@H]1O[C@H](CO)[C@@H](O)[C@H](O)[C@@H]1O. The third-order valence-corrected chi connectivity index (χ3v) is 3.21. The second-order valence-corrected chi connectivity index (χ2v) is 4.95. The van der Waals surface area contributed by atoms with Crippen molar-refractivity contribution < 1.29 is 39.4 Å². The highest BCUT2D eigenvalue weighted by molar-refractivity contribution is 5.70. The molecule has 8 nitrogen and oxygen atoms in total. The summed E-state index contributed by atoms with van der Waals surface area (Å²) in [5.74, 6) is -0.754. The number of hydrogen-bond acceptors (Lipinski definition) is 8. The van der Waals surface area contributed by atoms with Crippen LogP contribution < -0.4 is 0 Å². The first-order chi connectivity index (χ1) is 10.0. The van der Waals surface area contributed by atoms with Crippen LogP contribution in [0.25, 0.3) is 0 Å². The van der Waals surface area contributed by atoms with Crippen LogP contribution in [0.15, 0.2) is 0 Å². The Hall–Kier alpha value is -0.770. The van der Waals surface area contributed by atoms with Crippen LogP contribution in [0.2, 0.25) is 0 Å².